The Balaban J connectivity index is 2.50. The van der Waals surface area contributed by atoms with E-state index in [0.717, 1.165) is 5.56 Å². The highest BCUT2D eigenvalue weighted by molar-refractivity contribution is 5.55. The van der Waals surface area contributed by atoms with Gasteiger partial charge < -0.3 is 10.2 Å². The van der Waals surface area contributed by atoms with E-state index in [1.54, 1.807) is 12.1 Å². The van der Waals surface area contributed by atoms with Gasteiger partial charge in [-0.05, 0) is 18.1 Å². The van der Waals surface area contributed by atoms with Crippen LogP contribution in [0.1, 0.15) is 12.0 Å². The average Bonchev–Trinajstić information content (AvgIpc) is 2.17. The summed E-state index contributed by atoms with van der Waals surface area (Å²) in [5, 5.41) is 22.3. The van der Waals surface area contributed by atoms with Crippen molar-refractivity contribution in [3.8, 4) is 0 Å². The monoisotopic (exact) mass is 194 g/mol. The lowest BCUT2D eigenvalue weighted by atomic mass is 10.0. The summed E-state index contributed by atoms with van der Waals surface area (Å²) in [6.45, 7) is 0. The summed E-state index contributed by atoms with van der Waals surface area (Å²) < 4.78 is 0. The standard InChI is InChI=1S/C9H10N2O3/c12-9(13)6-5-7-3-1-2-4-8(7)11(9)10-14/h1-4,12-13H,5-6H2. The summed E-state index contributed by atoms with van der Waals surface area (Å²) in [5.41, 5.74) is 1.35. The summed E-state index contributed by atoms with van der Waals surface area (Å²) in [6, 6.07) is 7.03. The van der Waals surface area contributed by atoms with Crippen LogP contribution in [0.5, 0.6) is 0 Å². The Morgan fingerprint density at radius 1 is 1.36 bits per heavy atom. The molecular weight excluding hydrogens is 184 g/mol. The Kier molecular flexibility index (Phi) is 1.98. The van der Waals surface area contributed by atoms with Crippen molar-refractivity contribution in [3.63, 3.8) is 0 Å². The van der Waals surface area contributed by atoms with Crippen LogP contribution in [0.3, 0.4) is 0 Å². The second-order valence-corrected chi connectivity index (χ2v) is 3.30. The molecule has 0 aromatic heterocycles. The van der Waals surface area contributed by atoms with Crippen molar-refractivity contribution in [2.24, 2.45) is 5.29 Å². The van der Waals surface area contributed by atoms with Crippen LogP contribution in [0.2, 0.25) is 0 Å². The van der Waals surface area contributed by atoms with Gasteiger partial charge in [-0.25, -0.2) is 0 Å². The van der Waals surface area contributed by atoms with Crippen LogP contribution in [0.4, 0.5) is 5.69 Å². The number of aryl methyl sites for hydroxylation is 1. The molecule has 5 heteroatoms. The molecule has 1 aromatic rings. The summed E-state index contributed by atoms with van der Waals surface area (Å²) in [4.78, 5) is 10.5. The molecule has 1 heterocycles. The Labute approximate surface area is 80.5 Å². The molecule has 0 unspecified atom stereocenters. The van der Waals surface area contributed by atoms with Gasteiger partial charge in [0, 0.05) is 6.42 Å². The van der Waals surface area contributed by atoms with Crippen molar-refractivity contribution < 1.29 is 10.2 Å². The second kappa shape index (κ2) is 3.04. The molecule has 0 bridgehead atoms. The quantitative estimate of drug-likeness (QED) is 0.511. The number of hydrogen-bond donors (Lipinski definition) is 2. The van der Waals surface area contributed by atoms with Crippen molar-refractivity contribution in [2.75, 3.05) is 5.01 Å². The van der Waals surface area contributed by atoms with Gasteiger partial charge >= 0.3 is 0 Å². The number of anilines is 1. The highest BCUT2D eigenvalue weighted by Crippen LogP contribution is 2.33. The lowest BCUT2D eigenvalue weighted by molar-refractivity contribution is -0.168. The molecule has 1 aliphatic rings. The Bertz CT molecular complexity index is 365. The number of fused-ring (bicyclic) bond motifs is 1. The lowest BCUT2D eigenvalue weighted by Crippen LogP contribution is -2.48. The maximum absolute atomic E-state index is 10.5. The van der Waals surface area contributed by atoms with Gasteiger partial charge in [0.1, 0.15) is 0 Å². The fraction of sp³-hybridized carbons (Fsp3) is 0.333. The Morgan fingerprint density at radius 2 is 2.07 bits per heavy atom. The number of aliphatic hydroxyl groups is 2. The molecule has 5 nitrogen and oxygen atoms in total. The molecule has 0 spiro atoms. The minimum Gasteiger partial charge on any atom is -0.347 e. The SMILES string of the molecule is O=NN1c2ccccc2CCC1(O)O. The van der Waals surface area contributed by atoms with E-state index in [-0.39, 0.29) is 6.42 Å². The zero-order valence-corrected chi connectivity index (χ0v) is 7.42. The third kappa shape index (κ3) is 1.26. The third-order valence-electron chi connectivity index (χ3n) is 2.37. The molecule has 0 saturated heterocycles. The van der Waals surface area contributed by atoms with Crippen molar-refractivity contribution >= 4 is 5.69 Å². The van der Waals surface area contributed by atoms with Gasteiger partial charge in [0.2, 0.25) is 0 Å². The number of benzene rings is 1. The van der Waals surface area contributed by atoms with E-state index >= 15 is 0 Å². The first kappa shape index (κ1) is 9.11. The highest BCUT2D eigenvalue weighted by atomic mass is 16.5. The van der Waals surface area contributed by atoms with Crippen LogP contribution >= 0.6 is 0 Å². The van der Waals surface area contributed by atoms with E-state index in [0.29, 0.717) is 17.1 Å². The number of nitroso groups, excluding NO2 is 1. The van der Waals surface area contributed by atoms with Crippen LogP contribution < -0.4 is 5.01 Å². The van der Waals surface area contributed by atoms with Crippen molar-refractivity contribution in [3.05, 3.63) is 34.7 Å². The molecule has 0 radical (unpaired) electrons. The molecule has 2 N–H and O–H groups in total. The lowest BCUT2D eigenvalue weighted by Gasteiger charge is -2.35. The van der Waals surface area contributed by atoms with Gasteiger partial charge in [-0.2, -0.15) is 5.01 Å². The second-order valence-electron chi connectivity index (χ2n) is 3.30. The van der Waals surface area contributed by atoms with Gasteiger partial charge in [-0.3, -0.25) is 0 Å². The first-order chi connectivity index (χ1) is 6.65. The molecule has 0 fully saturated rings. The van der Waals surface area contributed by atoms with Crippen LogP contribution in [0, 0.1) is 4.91 Å². The van der Waals surface area contributed by atoms with E-state index < -0.39 is 5.91 Å². The van der Waals surface area contributed by atoms with E-state index in [1.165, 1.54) is 0 Å². The van der Waals surface area contributed by atoms with Crippen LogP contribution in [-0.2, 0) is 6.42 Å². The van der Waals surface area contributed by atoms with Crippen molar-refractivity contribution in [2.45, 2.75) is 18.8 Å². The normalized spacial score (nSPS) is 18.9. The van der Waals surface area contributed by atoms with Gasteiger partial charge in [-0.1, -0.05) is 18.2 Å². The third-order valence-corrected chi connectivity index (χ3v) is 2.37. The van der Waals surface area contributed by atoms with E-state index in [2.05, 4.69) is 5.29 Å². The first-order valence-corrected chi connectivity index (χ1v) is 4.31. The summed E-state index contributed by atoms with van der Waals surface area (Å²) in [6.07, 6.45) is 0.602. The van der Waals surface area contributed by atoms with E-state index in [1.807, 2.05) is 12.1 Å². The van der Waals surface area contributed by atoms with E-state index in [4.69, 9.17) is 0 Å². The minimum atomic E-state index is -2.16. The maximum atomic E-state index is 10.5. The minimum absolute atomic E-state index is 0.0791. The molecule has 2 rings (SSSR count). The number of para-hydroxylation sites is 1. The van der Waals surface area contributed by atoms with Crippen molar-refractivity contribution in [1.29, 1.82) is 0 Å². The number of nitrogens with zero attached hydrogens (tertiary/aromatic N) is 2. The molecule has 14 heavy (non-hydrogen) atoms. The van der Waals surface area contributed by atoms with Gasteiger partial charge in [0.25, 0.3) is 5.91 Å². The van der Waals surface area contributed by atoms with E-state index in [9.17, 15) is 15.1 Å². The Morgan fingerprint density at radius 3 is 2.79 bits per heavy atom. The van der Waals surface area contributed by atoms with Crippen LogP contribution in [0.15, 0.2) is 29.6 Å². The zero-order chi connectivity index (χ0) is 10.2. The van der Waals surface area contributed by atoms with Crippen molar-refractivity contribution in [1.82, 2.24) is 0 Å². The maximum Gasteiger partial charge on any atom is 0.269 e. The average molecular weight is 194 g/mol. The summed E-state index contributed by atoms with van der Waals surface area (Å²) >= 11 is 0. The predicted molar refractivity (Wildman–Crippen MR) is 50.2 cm³/mol. The topological polar surface area (TPSA) is 73.1 Å². The zero-order valence-electron chi connectivity index (χ0n) is 7.42. The first-order valence-electron chi connectivity index (χ1n) is 4.31. The molecule has 74 valence electrons. The molecule has 0 atom stereocenters. The van der Waals surface area contributed by atoms with Crippen LogP contribution in [0.25, 0.3) is 0 Å². The molecule has 0 aliphatic carbocycles. The molecule has 0 saturated carbocycles. The predicted octanol–water partition coefficient (Wildman–Crippen LogP) is 0.759. The summed E-state index contributed by atoms with van der Waals surface area (Å²) in [5.74, 6) is -2.16. The number of hydrogen-bond acceptors (Lipinski definition) is 4. The molecule has 0 amide bonds. The fourth-order valence-electron chi connectivity index (χ4n) is 1.64. The Hall–Kier alpha value is -1.46. The molecule has 1 aliphatic heterocycles. The molecular formula is C9H10N2O3. The fourth-order valence-corrected chi connectivity index (χ4v) is 1.64. The smallest absolute Gasteiger partial charge is 0.269 e. The molecule has 1 aromatic carbocycles. The van der Waals surface area contributed by atoms with Gasteiger partial charge in [0.05, 0.1) is 11.0 Å². The largest absolute Gasteiger partial charge is 0.347 e. The van der Waals surface area contributed by atoms with Crippen LogP contribution in [-0.4, -0.2) is 16.1 Å². The highest BCUT2D eigenvalue weighted by Gasteiger charge is 2.38. The van der Waals surface area contributed by atoms with Gasteiger partial charge in [0.15, 0.2) is 0 Å². The summed E-state index contributed by atoms with van der Waals surface area (Å²) in [7, 11) is 0. The number of rotatable bonds is 1. The van der Waals surface area contributed by atoms with Gasteiger partial charge in [-0.15, -0.1) is 4.91 Å².